The summed E-state index contributed by atoms with van der Waals surface area (Å²) in [5.74, 6) is -9.30. The number of alkyl halides is 2. The molecule has 0 unspecified atom stereocenters. The van der Waals surface area contributed by atoms with Gasteiger partial charge in [0.15, 0.2) is 23.3 Å². The van der Waals surface area contributed by atoms with Crippen LogP contribution < -0.4 is 4.74 Å². The number of hydrogen-bond donors (Lipinski definition) is 0. The Hall–Kier alpha value is -2.58. The molecular formula is C38H46F8O. The number of unbranched alkanes of at least 4 members (excludes halogenated alkanes) is 2. The van der Waals surface area contributed by atoms with Gasteiger partial charge in [0.2, 0.25) is 0 Å². The first-order valence-electron chi connectivity index (χ1n) is 17.5. The molecule has 0 saturated heterocycles. The molecule has 0 amide bonds. The average molecular weight is 671 g/mol. The van der Waals surface area contributed by atoms with Crippen LogP contribution in [-0.2, 0) is 0 Å². The summed E-state index contributed by atoms with van der Waals surface area (Å²) >= 11 is 0. The van der Waals surface area contributed by atoms with Crippen molar-refractivity contribution in [2.75, 3.05) is 0 Å². The van der Waals surface area contributed by atoms with E-state index in [4.69, 9.17) is 0 Å². The maximum atomic E-state index is 15.2. The lowest BCUT2D eigenvalue weighted by Gasteiger charge is -2.38. The smallest absolute Gasteiger partial charge is 0.400 e. The van der Waals surface area contributed by atoms with E-state index in [9.17, 15) is 22.0 Å². The van der Waals surface area contributed by atoms with Crippen molar-refractivity contribution < 1.29 is 39.9 Å². The third-order valence-electron chi connectivity index (χ3n) is 11.2. The Bertz CT molecular complexity index is 1340. The van der Waals surface area contributed by atoms with E-state index in [1.165, 1.54) is 63.5 Å². The normalized spacial score (nSPS) is 27.8. The molecule has 1 nitrogen and oxygen atoms in total. The SMILES string of the molecule is CCCCCC1CCC(C2CCC(c3ccc(/C(F)=C(\F)C4CCC(C(F)(F)Oc5cc(F)c(F)c(F)c5)CC4)c(F)c3)CC2)CC1. The van der Waals surface area contributed by atoms with Crippen molar-refractivity contribution in [1.82, 2.24) is 0 Å². The van der Waals surface area contributed by atoms with Crippen molar-refractivity contribution in [3.63, 3.8) is 0 Å². The minimum atomic E-state index is -3.88. The van der Waals surface area contributed by atoms with E-state index in [0.29, 0.717) is 18.1 Å². The van der Waals surface area contributed by atoms with Gasteiger partial charge in [-0.25, -0.2) is 26.3 Å². The molecule has 0 spiro atoms. The maximum Gasteiger partial charge on any atom is 0.400 e. The molecule has 0 bridgehead atoms. The van der Waals surface area contributed by atoms with Crippen molar-refractivity contribution in [3.8, 4) is 5.75 Å². The minimum Gasteiger partial charge on any atom is -0.432 e. The van der Waals surface area contributed by atoms with Gasteiger partial charge in [-0.05, 0) is 106 Å². The first kappa shape index (κ1) is 35.7. The number of ether oxygens (including phenoxy) is 1. The van der Waals surface area contributed by atoms with Gasteiger partial charge in [0.05, 0.1) is 5.92 Å². The molecule has 2 aromatic carbocycles. The van der Waals surface area contributed by atoms with Crippen LogP contribution in [0.3, 0.4) is 0 Å². The molecule has 0 heterocycles. The Morgan fingerprint density at radius 1 is 0.723 bits per heavy atom. The van der Waals surface area contributed by atoms with Gasteiger partial charge in [-0.1, -0.05) is 51.5 Å². The third-order valence-corrected chi connectivity index (χ3v) is 11.2. The Morgan fingerprint density at radius 3 is 1.89 bits per heavy atom. The molecule has 0 atom stereocenters. The lowest BCUT2D eigenvalue weighted by atomic mass is 9.68. The molecule has 3 saturated carbocycles. The molecule has 0 aliphatic heterocycles. The summed E-state index contributed by atoms with van der Waals surface area (Å²) in [7, 11) is 0. The fraction of sp³-hybridized carbons (Fsp3) is 0.632. The van der Waals surface area contributed by atoms with Crippen molar-refractivity contribution >= 4 is 5.83 Å². The summed E-state index contributed by atoms with van der Waals surface area (Å²) in [6.45, 7) is 2.24. The zero-order valence-electron chi connectivity index (χ0n) is 27.1. The molecule has 9 heteroatoms. The molecule has 0 N–H and O–H groups in total. The van der Waals surface area contributed by atoms with Crippen molar-refractivity contribution in [2.45, 2.75) is 122 Å². The van der Waals surface area contributed by atoms with E-state index in [2.05, 4.69) is 11.7 Å². The van der Waals surface area contributed by atoms with Gasteiger partial charge in [-0.3, -0.25) is 0 Å². The van der Waals surface area contributed by atoms with Crippen molar-refractivity contribution in [2.24, 2.45) is 29.6 Å². The van der Waals surface area contributed by atoms with E-state index >= 15 is 13.2 Å². The zero-order valence-corrected chi connectivity index (χ0v) is 27.1. The highest BCUT2D eigenvalue weighted by atomic mass is 19.3. The van der Waals surface area contributed by atoms with Crippen LogP contribution in [-0.4, -0.2) is 6.11 Å². The first-order valence-corrected chi connectivity index (χ1v) is 17.5. The Labute approximate surface area is 273 Å². The predicted octanol–water partition coefficient (Wildman–Crippen LogP) is 13.0. The minimum absolute atomic E-state index is 0.154. The number of halogens is 8. The molecule has 47 heavy (non-hydrogen) atoms. The second-order valence-corrected chi connectivity index (χ2v) is 14.2. The molecule has 3 aliphatic rings. The van der Waals surface area contributed by atoms with E-state index in [1.807, 2.05) is 0 Å². The Kier molecular flexibility index (Phi) is 12.0. The molecular weight excluding hydrogens is 624 g/mol. The van der Waals surface area contributed by atoms with E-state index in [1.54, 1.807) is 6.07 Å². The third kappa shape index (κ3) is 8.72. The second-order valence-electron chi connectivity index (χ2n) is 14.2. The fourth-order valence-electron chi connectivity index (χ4n) is 8.34. The van der Waals surface area contributed by atoms with Gasteiger partial charge >= 0.3 is 6.11 Å². The van der Waals surface area contributed by atoms with E-state index < -0.39 is 64.2 Å². The van der Waals surface area contributed by atoms with Crippen molar-refractivity contribution in [1.29, 1.82) is 0 Å². The molecule has 0 radical (unpaired) electrons. The summed E-state index contributed by atoms with van der Waals surface area (Å²) in [6.07, 6.45) is 9.96. The number of hydrogen-bond acceptors (Lipinski definition) is 1. The summed E-state index contributed by atoms with van der Waals surface area (Å²) < 4.78 is 120. The van der Waals surface area contributed by atoms with Gasteiger partial charge in [-0.15, -0.1) is 0 Å². The van der Waals surface area contributed by atoms with Crippen LogP contribution in [0.4, 0.5) is 35.1 Å². The van der Waals surface area contributed by atoms with Gasteiger partial charge in [0.25, 0.3) is 0 Å². The van der Waals surface area contributed by atoms with Crippen LogP contribution in [0.15, 0.2) is 36.2 Å². The largest absolute Gasteiger partial charge is 0.432 e. The topological polar surface area (TPSA) is 9.23 Å². The van der Waals surface area contributed by atoms with Crippen LogP contribution >= 0.6 is 0 Å². The van der Waals surface area contributed by atoms with E-state index in [0.717, 1.165) is 43.1 Å². The number of rotatable bonds is 11. The van der Waals surface area contributed by atoms with Crippen LogP contribution in [0.25, 0.3) is 5.83 Å². The van der Waals surface area contributed by atoms with Crippen LogP contribution in [0.2, 0.25) is 0 Å². The molecule has 5 rings (SSSR count). The Morgan fingerprint density at radius 2 is 1.32 bits per heavy atom. The quantitative estimate of drug-likeness (QED) is 0.131. The van der Waals surface area contributed by atoms with Gasteiger partial charge in [0, 0.05) is 23.6 Å². The number of benzene rings is 2. The highest BCUT2D eigenvalue weighted by molar-refractivity contribution is 5.62. The summed E-state index contributed by atoms with van der Waals surface area (Å²) in [4.78, 5) is 0. The fourth-order valence-corrected chi connectivity index (χ4v) is 8.34. The molecule has 3 fully saturated rings. The standard InChI is InChI=1S/C38H46F8O/c1-2-3-4-5-23-6-8-24(9-7-23)25-10-12-26(13-11-25)28-16-19-31(32(39)20-28)36(43)35(42)27-14-17-29(18-15-27)38(45,46)47-30-21-33(40)37(44)34(41)22-30/h16,19-27,29H,2-15,17-18H2,1H3/b36-35+. The molecule has 2 aromatic rings. The lowest BCUT2D eigenvalue weighted by Crippen LogP contribution is -2.37. The van der Waals surface area contributed by atoms with Crippen molar-refractivity contribution in [3.05, 3.63) is 70.6 Å². The van der Waals surface area contributed by atoms with Crippen LogP contribution in [0, 0.1) is 52.9 Å². The first-order chi connectivity index (χ1) is 22.5. The van der Waals surface area contributed by atoms with Gasteiger partial charge in [-0.2, -0.15) is 8.78 Å². The Balaban J connectivity index is 1.12. The predicted molar refractivity (Wildman–Crippen MR) is 167 cm³/mol. The highest BCUT2D eigenvalue weighted by Gasteiger charge is 2.45. The second kappa shape index (κ2) is 15.8. The summed E-state index contributed by atoms with van der Waals surface area (Å²) in [6, 6.07) is 4.90. The van der Waals surface area contributed by atoms with Gasteiger partial charge in [0.1, 0.15) is 17.4 Å². The average Bonchev–Trinajstić information content (AvgIpc) is 3.07. The monoisotopic (exact) mass is 670 g/mol. The highest BCUT2D eigenvalue weighted by Crippen LogP contribution is 2.46. The molecule has 3 aliphatic carbocycles. The zero-order chi connectivity index (χ0) is 33.7. The summed E-state index contributed by atoms with van der Waals surface area (Å²) in [5, 5.41) is 0. The van der Waals surface area contributed by atoms with Crippen LogP contribution in [0.5, 0.6) is 5.75 Å². The van der Waals surface area contributed by atoms with E-state index in [-0.39, 0.29) is 31.6 Å². The van der Waals surface area contributed by atoms with Crippen LogP contribution in [0.1, 0.15) is 127 Å². The molecule has 0 aromatic heterocycles. The summed E-state index contributed by atoms with van der Waals surface area (Å²) in [5.41, 5.74) is 0.313. The lowest BCUT2D eigenvalue weighted by molar-refractivity contribution is -0.223. The number of allylic oxidation sites excluding steroid dienone is 1. The molecule has 260 valence electrons. The maximum absolute atomic E-state index is 15.2. The van der Waals surface area contributed by atoms with Gasteiger partial charge < -0.3 is 4.74 Å².